The predicted molar refractivity (Wildman–Crippen MR) is 61.5 cm³/mol. The topological polar surface area (TPSA) is 49.6 Å². The lowest BCUT2D eigenvalue weighted by Gasteiger charge is -2.29. The van der Waals surface area contributed by atoms with Crippen molar-refractivity contribution in [2.45, 2.75) is 25.4 Å². The van der Waals surface area contributed by atoms with Gasteiger partial charge in [0.25, 0.3) is 0 Å². The van der Waals surface area contributed by atoms with E-state index in [0.29, 0.717) is 19.1 Å². The summed E-state index contributed by atoms with van der Waals surface area (Å²) >= 11 is 0. The Morgan fingerprint density at radius 2 is 2.33 bits per heavy atom. The molecule has 1 aliphatic rings. The summed E-state index contributed by atoms with van der Waals surface area (Å²) in [6.45, 7) is 7.60. The minimum Gasteiger partial charge on any atom is -0.338 e. The molecule has 1 fully saturated rings. The van der Waals surface area contributed by atoms with Gasteiger partial charge in [0, 0.05) is 25.7 Å². The molecule has 2 N–H and O–H groups in total. The lowest BCUT2D eigenvalue weighted by atomic mass is 10.2. The number of amides is 1. The van der Waals surface area contributed by atoms with Gasteiger partial charge in [-0.15, -0.1) is 6.58 Å². The highest BCUT2D eigenvalue weighted by atomic mass is 16.2. The van der Waals surface area contributed by atoms with Gasteiger partial charge in [-0.05, 0) is 20.4 Å². The van der Waals surface area contributed by atoms with Gasteiger partial charge in [-0.3, -0.25) is 9.69 Å². The molecule has 1 aliphatic heterocycles. The Kier molecular flexibility index (Phi) is 4.29. The average Bonchev–Trinajstić information content (AvgIpc) is 2.32. The summed E-state index contributed by atoms with van der Waals surface area (Å²) in [5.41, 5.74) is 5.66. The molecule has 4 nitrogen and oxygen atoms in total. The van der Waals surface area contributed by atoms with E-state index in [0.717, 1.165) is 13.0 Å². The molecule has 2 atom stereocenters. The second kappa shape index (κ2) is 5.28. The minimum atomic E-state index is -0.178. The van der Waals surface area contributed by atoms with E-state index in [4.69, 9.17) is 5.73 Å². The molecule has 1 rings (SSSR count). The summed E-state index contributed by atoms with van der Waals surface area (Å²) in [5.74, 6) is 0.129. The van der Waals surface area contributed by atoms with Crippen molar-refractivity contribution in [2.24, 2.45) is 5.73 Å². The number of nitrogens with two attached hydrogens (primary N) is 1. The van der Waals surface area contributed by atoms with Crippen LogP contribution in [0.3, 0.4) is 0 Å². The molecule has 1 heterocycles. The Hall–Kier alpha value is -0.870. The number of carbonyl (C=O) groups is 1. The molecule has 0 saturated carbocycles. The van der Waals surface area contributed by atoms with Crippen LogP contribution in [0.2, 0.25) is 0 Å². The standard InChI is InChI=1S/C11H21N3O/c1-4-6-14-7-5-9(2)13(3)10(8-12)11(14)15/h4,9-10H,1,5-8,12H2,2-3H3. The molecule has 0 aliphatic carbocycles. The van der Waals surface area contributed by atoms with Crippen LogP contribution >= 0.6 is 0 Å². The second-order valence-electron chi connectivity index (χ2n) is 4.13. The molecule has 1 saturated heterocycles. The van der Waals surface area contributed by atoms with E-state index < -0.39 is 0 Å². The van der Waals surface area contributed by atoms with Gasteiger partial charge < -0.3 is 10.6 Å². The SMILES string of the molecule is C=CCN1CCC(C)N(C)C(CN)C1=O. The Morgan fingerprint density at radius 3 is 2.87 bits per heavy atom. The van der Waals surface area contributed by atoms with Gasteiger partial charge in [-0.25, -0.2) is 0 Å². The Morgan fingerprint density at radius 1 is 1.67 bits per heavy atom. The molecule has 0 bridgehead atoms. The van der Waals surface area contributed by atoms with Gasteiger partial charge in [-0.1, -0.05) is 6.08 Å². The predicted octanol–water partition coefficient (Wildman–Crippen LogP) is 0.0523. The fourth-order valence-corrected chi connectivity index (χ4v) is 1.95. The number of likely N-dealkylation sites (N-methyl/N-ethyl adjacent to an activating group) is 1. The van der Waals surface area contributed by atoms with Crippen molar-refractivity contribution in [1.82, 2.24) is 9.80 Å². The molecule has 0 aromatic rings. The molecule has 1 amide bonds. The quantitative estimate of drug-likeness (QED) is 0.671. The zero-order chi connectivity index (χ0) is 11.4. The molecule has 15 heavy (non-hydrogen) atoms. The average molecular weight is 211 g/mol. The van der Waals surface area contributed by atoms with Gasteiger partial charge in [-0.2, -0.15) is 0 Å². The molecule has 0 aromatic carbocycles. The van der Waals surface area contributed by atoms with E-state index in [1.54, 1.807) is 6.08 Å². The smallest absolute Gasteiger partial charge is 0.241 e. The summed E-state index contributed by atoms with van der Waals surface area (Å²) < 4.78 is 0. The number of hydrogen-bond acceptors (Lipinski definition) is 3. The summed E-state index contributed by atoms with van der Waals surface area (Å²) in [6.07, 6.45) is 2.76. The molecule has 0 aromatic heterocycles. The molecular formula is C11H21N3O. The lowest BCUT2D eigenvalue weighted by Crippen LogP contribution is -2.50. The molecule has 86 valence electrons. The van der Waals surface area contributed by atoms with E-state index in [2.05, 4.69) is 18.4 Å². The van der Waals surface area contributed by atoms with Crippen molar-refractivity contribution < 1.29 is 4.79 Å². The molecule has 2 unspecified atom stereocenters. The highest BCUT2D eigenvalue weighted by molar-refractivity contribution is 5.82. The number of rotatable bonds is 3. The van der Waals surface area contributed by atoms with Gasteiger partial charge in [0.2, 0.25) is 5.91 Å². The second-order valence-corrected chi connectivity index (χ2v) is 4.13. The zero-order valence-corrected chi connectivity index (χ0v) is 9.65. The van der Waals surface area contributed by atoms with Crippen LogP contribution in [-0.2, 0) is 4.79 Å². The molecule has 0 spiro atoms. The third kappa shape index (κ3) is 2.58. The van der Waals surface area contributed by atoms with Crippen LogP contribution in [0, 0.1) is 0 Å². The molecule has 4 heteroatoms. The summed E-state index contributed by atoms with van der Waals surface area (Å²) in [5, 5.41) is 0. The first-order chi connectivity index (χ1) is 7.11. The van der Waals surface area contributed by atoms with E-state index in [1.807, 2.05) is 11.9 Å². The minimum absolute atomic E-state index is 0.129. The van der Waals surface area contributed by atoms with E-state index >= 15 is 0 Å². The van der Waals surface area contributed by atoms with Crippen LogP contribution in [0.1, 0.15) is 13.3 Å². The maximum Gasteiger partial charge on any atom is 0.241 e. The number of nitrogens with zero attached hydrogens (tertiary/aromatic N) is 2. The van der Waals surface area contributed by atoms with Crippen LogP contribution in [0.25, 0.3) is 0 Å². The zero-order valence-electron chi connectivity index (χ0n) is 9.65. The number of carbonyl (C=O) groups excluding carboxylic acids is 1. The van der Waals surface area contributed by atoms with Crippen LogP contribution in [0.5, 0.6) is 0 Å². The Balaban J connectivity index is 2.81. The normalized spacial score (nSPS) is 29.0. The molecule has 0 radical (unpaired) electrons. The third-order valence-corrected chi connectivity index (χ3v) is 3.17. The summed E-state index contributed by atoms with van der Waals surface area (Å²) in [4.78, 5) is 16.0. The maximum atomic E-state index is 12.1. The van der Waals surface area contributed by atoms with Crippen molar-refractivity contribution in [3.63, 3.8) is 0 Å². The van der Waals surface area contributed by atoms with E-state index in [9.17, 15) is 4.79 Å². The van der Waals surface area contributed by atoms with Crippen LogP contribution in [0.15, 0.2) is 12.7 Å². The Bertz CT molecular complexity index is 242. The maximum absolute atomic E-state index is 12.1. The van der Waals surface area contributed by atoms with Crippen molar-refractivity contribution in [3.05, 3.63) is 12.7 Å². The fraction of sp³-hybridized carbons (Fsp3) is 0.727. The van der Waals surface area contributed by atoms with Crippen LogP contribution < -0.4 is 5.73 Å². The van der Waals surface area contributed by atoms with Crippen LogP contribution in [0.4, 0.5) is 0 Å². The largest absolute Gasteiger partial charge is 0.338 e. The van der Waals surface area contributed by atoms with E-state index in [1.165, 1.54) is 0 Å². The first kappa shape index (κ1) is 12.2. The first-order valence-electron chi connectivity index (χ1n) is 5.43. The Labute approximate surface area is 91.7 Å². The number of hydrogen-bond donors (Lipinski definition) is 1. The van der Waals surface area contributed by atoms with Crippen molar-refractivity contribution >= 4 is 5.91 Å². The fourth-order valence-electron chi connectivity index (χ4n) is 1.95. The van der Waals surface area contributed by atoms with Gasteiger partial charge in [0.15, 0.2) is 0 Å². The third-order valence-electron chi connectivity index (χ3n) is 3.17. The van der Waals surface area contributed by atoms with Gasteiger partial charge >= 0.3 is 0 Å². The highest BCUT2D eigenvalue weighted by Crippen LogP contribution is 2.14. The van der Waals surface area contributed by atoms with Crippen molar-refractivity contribution in [1.29, 1.82) is 0 Å². The van der Waals surface area contributed by atoms with Crippen molar-refractivity contribution in [3.8, 4) is 0 Å². The summed E-state index contributed by atoms with van der Waals surface area (Å²) in [6, 6.07) is 0.222. The van der Waals surface area contributed by atoms with Gasteiger partial charge in [0.1, 0.15) is 6.04 Å². The molecular weight excluding hydrogens is 190 g/mol. The monoisotopic (exact) mass is 211 g/mol. The van der Waals surface area contributed by atoms with Crippen molar-refractivity contribution in [2.75, 3.05) is 26.7 Å². The first-order valence-corrected chi connectivity index (χ1v) is 5.43. The van der Waals surface area contributed by atoms with Gasteiger partial charge in [0.05, 0.1) is 0 Å². The van der Waals surface area contributed by atoms with E-state index in [-0.39, 0.29) is 11.9 Å². The van der Waals surface area contributed by atoms with Crippen LogP contribution in [-0.4, -0.2) is 54.5 Å². The lowest BCUT2D eigenvalue weighted by molar-refractivity contribution is -0.134. The summed E-state index contributed by atoms with van der Waals surface area (Å²) in [7, 11) is 1.97. The highest BCUT2D eigenvalue weighted by Gasteiger charge is 2.32.